The molecule has 1 aromatic rings. The van der Waals surface area contributed by atoms with Crippen LogP contribution in [-0.2, 0) is 9.53 Å². The van der Waals surface area contributed by atoms with Gasteiger partial charge in [-0.25, -0.2) is 4.79 Å². The van der Waals surface area contributed by atoms with Gasteiger partial charge in [-0.15, -0.1) is 0 Å². The summed E-state index contributed by atoms with van der Waals surface area (Å²) in [5.41, 5.74) is 3.83. The first-order valence-corrected chi connectivity index (χ1v) is 5.07. The van der Waals surface area contributed by atoms with Crippen molar-refractivity contribution in [1.82, 2.24) is 0 Å². The second-order valence-corrected chi connectivity index (χ2v) is 3.63. The van der Waals surface area contributed by atoms with Crippen LogP contribution in [0.5, 0.6) is 0 Å². The summed E-state index contributed by atoms with van der Waals surface area (Å²) >= 11 is 3.35. The number of ether oxygens (including phenoxy) is 1. The molecule has 4 nitrogen and oxygen atoms in total. The molecule has 0 aliphatic rings. The fraction of sp³-hybridized carbons (Fsp3) is 0.200. The van der Waals surface area contributed by atoms with E-state index >= 15 is 0 Å². The molecule has 15 heavy (non-hydrogen) atoms. The SMILES string of the molecule is COC(=O)C(C)=NNc1ccccc1Br. The van der Waals surface area contributed by atoms with Crippen molar-refractivity contribution in [3.8, 4) is 0 Å². The lowest BCUT2D eigenvalue weighted by Gasteiger charge is -2.03. The van der Waals surface area contributed by atoms with Gasteiger partial charge in [-0.3, -0.25) is 5.43 Å². The standard InChI is InChI=1S/C10H11BrN2O2/c1-7(10(14)15-2)12-13-9-6-4-3-5-8(9)11/h3-6,13H,1-2H3. The van der Waals surface area contributed by atoms with Crippen molar-refractivity contribution in [2.24, 2.45) is 5.10 Å². The molecule has 0 heterocycles. The first kappa shape index (κ1) is 11.7. The van der Waals surface area contributed by atoms with E-state index in [9.17, 15) is 4.79 Å². The topological polar surface area (TPSA) is 50.7 Å². The van der Waals surface area contributed by atoms with Gasteiger partial charge >= 0.3 is 5.97 Å². The van der Waals surface area contributed by atoms with Crippen molar-refractivity contribution in [2.45, 2.75) is 6.92 Å². The highest BCUT2D eigenvalue weighted by Crippen LogP contribution is 2.20. The number of benzene rings is 1. The van der Waals surface area contributed by atoms with Gasteiger partial charge in [-0.2, -0.15) is 5.10 Å². The molecule has 0 bridgehead atoms. The van der Waals surface area contributed by atoms with E-state index in [1.54, 1.807) is 6.92 Å². The summed E-state index contributed by atoms with van der Waals surface area (Å²) in [6.45, 7) is 1.58. The molecule has 80 valence electrons. The van der Waals surface area contributed by atoms with Crippen molar-refractivity contribution in [3.05, 3.63) is 28.7 Å². The van der Waals surface area contributed by atoms with Gasteiger partial charge in [0.2, 0.25) is 0 Å². The maximum atomic E-state index is 11.0. The van der Waals surface area contributed by atoms with Crippen LogP contribution in [0.1, 0.15) is 6.92 Å². The second-order valence-electron chi connectivity index (χ2n) is 2.78. The van der Waals surface area contributed by atoms with Crippen LogP contribution in [0, 0.1) is 0 Å². The van der Waals surface area contributed by atoms with Gasteiger partial charge in [0, 0.05) is 4.47 Å². The van der Waals surface area contributed by atoms with Crippen LogP contribution in [0.3, 0.4) is 0 Å². The van der Waals surface area contributed by atoms with E-state index in [0.29, 0.717) is 0 Å². The van der Waals surface area contributed by atoms with Gasteiger partial charge in [0.15, 0.2) is 0 Å². The van der Waals surface area contributed by atoms with Crippen molar-refractivity contribution in [1.29, 1.82) is 0 Å². The third-order valence-corrected chi connectivity index (χ3v) is 2.39. The average molecular weight is 271 g/mol. The van der Waals surface area contributed by atoms with Crippen molar-refractivity contribution in [3.63, 3.8) is 0 Å². The van der Waals surface area contributed by atoms with E-state index in [2.05, 4.69) is 31.2 Å². The molecule has 0 amide bonds. The minimum Gasteiger partial charge on any atom is -0.464 e. The van der Waals surface area contributed by atoms with Crippen LogP contribution < -0.4 is 5.43 Å². The molecule has 1 N–H and O–H groups in total. The number of hydrazone groups is 1. The number of nitrogens with zero attached hydrogens (tertiary/aromatic N) is 1. The molecule has 0 saturated heterocycles. The molecular formula is C10H11BrN2O2. The van der Waals surface area contributed by atoms with E-state index < -0.39 is 5.97 Å². The Labute approximate surface area is 96.4 Å². The Morgan fingerprint density at radius 1 is 1.47 bits per heavy atom. The molecule has 0 aromatic heterocycles. The molecule has 0 fully saturated rings. The fourth-order valence-electron chi connectivity index (χ4n) is 0.889. The molecule has 0 aliphatic heterocycles. The smallest absolute Gasteiger partial charge is 0.353 e. The van der Waals surface area contributed by atoms with E-state index in [0.717, 1.165) is 10.2 Å². The number of methoxy groups -OCH3 is 1. The predicted molar refractivity (Wildman–Crippen MR) is 62.9 cm³/mol. The highest BCUT2D eigenvalue weighted by Gasteiger charge is 2.04. The van der Waals surface area contributed by atoms with E-state index in [1.165, 1.54) is 7.11 Å². The molecule has 0 saturated carbocycles. The number of nitrogens with one attached hydrogen (secondary N) is 1. The molecule has 0 spiro atoms. The van der Waals surface area contributed by atoms with Crippen molar-refractivity contribution >= 4 is 33.3 Å². The van der Waals surface area contributed by atoms with Crippen molar-refractivity contribution < 1.29 is 9.53 Å². The lowest BCUT2D eigenvalue weighted by atomic mass is 10.3. The van der Waals surface area contributed by atoms with Crippen LogP contribution in [0.2, 0.25) is 0 Å². The minimum atomic E-state index is -0.449. The molecular weight excluding hydrogens is 260 g/mol. The average Bonchev–Trinajstić information content (AvgIpc) is 2.26. The third kappa shape index (κ3) is 3.36. The zero-order valence-electron chi connectivity index (χ0n) is 8.45. The predicted octanol–water partition coefficient (Wildman–Crippen LogP) is 2.41. The van der Waals surface area contributed by atoms with Crippen LogP contribution in [0.15, 0.2) is 33.8 Å². The molecule has 5 heteroatoms. The Morgan fingerprint density at radius 3 is 2.73 bits per heavy atom. The van der Waals surface area contributed by atoms with Gasteiger partial charge < -0.3 is 4.74 Å². The Kier molecular flexibility index (Phi) is 4.30. The third-order valence-electron chi connectivity index (χ3n) is 1.70. The van der Waals surface area contributed by atoms with Gasteiger partial charge in [-0.05, 0) is 35.0 Å². The number of rotatable bonds is 3. The number of hydrogen-bond donors (Lipinski definition) is 1. The number of carbonyl (C=O) groups is 1. The van der Waals surface area contributed by atoms with Gasteiger partial charge in [0.05, 0.1) is 12.8 Å². The van der Waals surface area contributed by atoms with Gasteiger partial charge in [-0.1, -0.05) is 12.1 Å². The summed E-state index contributed by atoms with van der Waals surface area (Å²) in [4.78, 5) is 11.0. The Hall–Kier alpha value is -1.36. The van der Waals surface area contributed by atoms with Gasteiger partial charge in [0.25, 0.3) is 0 Å². The first-order valence-electron chi connectivity index (χ1n) is 4.28. The zero-order valence-corrected chi connectivity index (χ0v) is 10.0. The summed E-state index contributed by atoms with van der Waals surface area (Å²) in [5.74, 6) is -0.449. The number of para-hydroxylation sites is 1. The Bertz CT molecular complexity index is 391. The highest BCUT2D eigenvalue weighted by molar-refractivity contribution is 9.10. The van der Waals surface area contributed by atoms with Crippen molar-refractivity contribution in [2.75, 3.05) is 12.5 Å². The van der Waals surface area contributed by atoms with Crippen LogP contribution in [0.4, 0.5) is 5.69 Å². The molecule has 0 unspecified atom stereocenters. The highest BCUT2D eigenvalue weighted by atomic mass is 79.9. The fourth-order valence-corrected chi connectivity index (χ4v) is 1.26. The van der Waals surface area contributed by atoms with Crippen LogP contribution >= 0.6 is 15.9 Å². The summed E-state index contributed by atoms with van der Waals surface area (Å²) in [6.07, 6.45) is 0. The molecule has 0 atom stereocenters. The summed E-state index contributed by atoms with van der Waals surface area (Å²) in [7, 11) is 1.32. The van der Waals surface area contributed by atoms with Gasteiger partial charge in [0.1, 0.15) is 5.71 Å². The first-order chi connectivity index (χ1) is 7.15. The normalized spacial score (nSPS) is 11.0. The summed E-state index contributed by atoms with van der Waals surface area (Å²) in [6, 6.07) is 7.49. The second kappa shape index (κ2) is 5.50. The number of hydrogen-bond acceptors (Lipinski definition) is 4. The Morgan fingerprint density at radius 2 is 2.13 bits per heavy atom. The molecule has 1 aromatic carbocycles. The zero-order chi connectivity index (χ0) is 11.3. The number of carbonyl (C=O) groups excluding carboxylic acids is 1. The van der Waals surface area contributed by atoms with E-state index in [4.69, 9.17) is 0 Å². The number of esters is 1. The lowest BCUT2D eigenvalue weighted by molar-refractivity contribution is -0.132. The number of anilines is 1. The quantitative estimate of drug-likeness (QED) is 0.521. The molecule has 0 radical (unpaired) electrons. The van der Waals surface area contributed by atoms with Crippen LogP contribution in [-0.4, -0.2) is 18.8 Å². The minimum absolute atomic E-state index is 0.272. The summed E-state index contributed by atoms with van der Waals surface area (Å²) < 4.78 is 5.39. The molecule has 1 rings (SSSR count). The maximum absolute atomic E-state index is 11.0. The maximum Gasteiger partial charge on any atom is 0.353 e. The number of halogens is 1. The van der Waals surface area contributed by atoms with E-state index in [1.807, 2.05) is 24.3 Å². The molecule has 0 aliphatic carbocycles. The largest absolute Gasteiger partial charge is 0.464 e. The lowest BCUT2D eigenvalue weighted by Crippen LogP contribution is -2.13. The summed E-state index contributed by atoms with van der Waals surface area (Å²) in [5, 5.41) is 3.89. The van der Waals surface area contributed by atoms with Crippen LogP contribution in [0.25, 0.3) is 0 Å². The Balaban J connectivity index is 2.72. The monoisotopic (exact) mass is 270 g/mol. The van der Waals surface area contributed by atoms with E-state index in [-0.39, 0.29) is 5.71 Å².